The molecule has 18 heavy (non-hydrogen) atoms. The number of nitrogens with zero attached hydrogens (tertiary/aromatic N) is 3. The van der Waals surface area contributed by atoms with Crippen LogP contribution in [0.3, 0.4) is 0 Å². The van der Waals surface area contributed by atoms with Crippen molar-refractivity contribution in [2.75, 3.05) is 0 Å². The van der Waals surface area contributed by atoms with Gasteiger partial charge in [-0.1, -0.05) is 35.5 Å². The van der Waals surface area contributed by atoms with Gasteiger partial charge in [0, 0.05) is 0 Å². The van der Waals surface area contributed by atoms with Crippen LogP contribution in [0.1, 0.15) is 24.4 Å². The third kappa shape index (κ3) is 3.34. The second kappa shape index (κ2) is 5.23. The predicted molar refractivity (Wildman–Crippen MR) is 64.8 cm³/mol. The molecule has 7 nitrogen and oxygen atoms in total. The van der Waals surface area contributed by atoms with Crippen LogP contribution in [0, 0.1) is 0 Å². The first-order valence-electron chi connectivity index (χ1n) is 5.34. The number of tetrazole rings is 1. The molecule has 1 heterocycles. The Bertz CT molecular complexity index is 582. The fraction of sp³-hybridized carbons (Fsp3) is 0.300. The molecule has 2 rings (SSSR count). The molecule has 1 atom stereocenters. The molecule has 0 amide bonds. The van der Waals surface area contributed by atoms with Gasteiger partial charge in [0.1, 0.15) is 0 Å². The molecule has 2 aromatic rings. The molecule has 0 spiro atoms. The summed E-state index contributed by atoms with van der Waals surface area (Å²) in [7, 11) is -3.43. The van der Waals surface area contributed by atoms with E-state index < -0.39 is 16.1 Å². The standard InChI is InChI=1S/C10H13N5O2S/c1-8(10-11-14-15-12-10)13-18(16,17)7-9-5-3-2-4-6-9/h2-6,8,13H,7H2,1H3,(H,11,12,14,15). The maximum Gasteiger partial charge on any atom is 0.216 e. The molecule has 0 fully saturated rings. The molecule has 0 aliphatic rings. The second-order valence-corrected chi connectivity index (χ2v) is 5.61. The van der Waals surface area contributed by atoms with Gasteiger partial charge in [0.05, 0.1) is 11.8 Å². The highest BCUT2D eigenvalue weighted by Gasteiger charge is 2.18. The molecule has 0 aliphatic carbocycles. The Balaban J connectivity index is 2.04. The lowest BCUT2D eigenvalue weighted by Crippen LogP contribution is -2.28. The third-order valence-electron chi connectivity index (χ3n) is 2.30. The van der Waals surface area contributed by atoms with Gasteiger partial charge >= 0.3 is 0 Å². The van der Waals surface area contributed by atoms with E-state index in [1.165, 1.54) is 0 Å². The number of aromatic nitrogens is 4. The van der Waals surface area contributed by atoms with Gasteiger partial charge in [0.25, 0.3) is 0 Å². The minimum Gasteiger partial charge on any atom is -0.212 e. The summed E-state index contributed by atoms with van der Waals surface area (Å²) in [6, 6.07) is 8.44. The minimum atomic E-state index is -3.43. The Hall–Kier alpha value is -1.80. The second-order valence-electron chi connectivity index (χ2n) is 3.85. The first kappa shape index (κ1) is 12.7. The average molecular weight is 267 g/mol. The monoisotopic (exact) mass is 267 g/mol. The summed E-state index contributed by atoms with van der Waals surface area (Å²) in [5.41, 5.74) is 0.727. The fourth-order valence-corrected chi connectivity index (χ4v) is 2.87. The summed E-state index contributed by atoms with van der Waals surface area (Å²) in [4.78, 5) is 0. The molecule has 2 N–H and O–H groups in total. The highest BCUT2D eigenvalue weighted by molar-refractivity contribution is 7.88. The van der Waals surface area contributed by atoms with Crippen molar-refractivity contribution in [1.29, 1.82) is 0 Å². The van der Waals surface area contributed by atoms with Crippen LogP contribution < -0.4 is 4.72 Å². The van der Waals surface area contributed by atoms with Gasteiger partial charge in [-0.05, 0) is 12.5 Å². The largest absolute Gasteiger partial charge is 0.216 e. The molecule has 1 unspecified atom stereocenters. The van der Waals surface area contributed by atoms with E-state index in [0.717, 1.165) is 5.56 Å². The summed E-state index contributed by atoms with van der Waals surface area (Å²) in [6.07, 6.45) is 0. The van der Waals surface area contributed by atoms with E-state index in [0.29, 0.717) is 5.82 Å². The van der Waals surface area contributed by atoms with Crippen LogP contribution in [-0.4, -0.2) is 29.0 Å². The number of sulfonamides is 1. The summed E-state index contributed by atoms with van der Waals surface area (Å²) < 4.78 is 26.3. The Kier molecular flexibility index (Phi) is 3.68. The molecular weight excluding hydrogens is 254 g/mol. The number of H-pyrrole nitrogens is 1. The zero-order chi connectivity index (χ0) is 13.0. The highest BCUT2D eigenvalue weighted by Crippen LogP contribution is 2.09. The van der Waals surface area contributed by atoms with Gasteiger partial charge in [-0.25, -0.2) is 13.1 Å². The number of hydrogen-bond acceptors (Lipinski definition) is 5. The Labute approximate surface area is 105 Å². The molecule has 1 aromatic heterocycles. The lowest BCUT2D eigenvalue weighted by atomic mass is 10.2. The van der Waals surface area contributed by atoms with E-state index in [4.69, 9.17) is 0 Å². The Morgan fingerprint density at radius 1 is 1.33 bits per heavy atom. The van der Waals surface area contributed by atoms with Gasteiger partial charge in [0.2, 0.25) is 10.0 Å². The van der Waals surface area contributed by atoms with Crippen molar-refractivity contribution in [3.63, 3.8) is 0 Å². The van der Waals surface area contributed by atoms with Gasteiger partial charge in [-0.15, -0.1) is 10.2 Å². The van der Waals surface area contributed by atoms with E-state index >= 15 is 0 Å². The van der Waals surface area contributed by atoms with E-state index in [9.17, 15) is 8.42 Å². The summed E-state index contributed by atoms with van der Waals surface area (Å²) in [5, 5.41) is 13.1. The highest BCUT2D eigenvalue weighted by atomic mass is 32.2. The predicted octanol–water partition coefficient (Wildman–Crippen LogP) is 0.380. The fourth-order valence-electron chi connectivity index (χ4n) is 1.51. The lowest BCUT2D eigenvalue weighted by molar-refractivity contribution is 0.559. The molecule has 96 valence electrons. The molecule has 0 radical (unpaired) electrons. The molecule has 1 aromatic carbocycles. The van der Waals surface area contributed by atoms with Crippen molar-refractivity contribution in [2.24, 2.45) is 0 Å². The summed E-state index contributed by atoms with van der Waals surface area (Å²) in [6.45, 7) is 1.66. The molecule has 0 bridgehead atoms. The van der Waals surface area contributed by atoms with Crippen molar-refractivity contribution in [2.45, 2.75) is 18.7 Å². The normalized spacial score (nSPS) is 13.4. The zero-order valence-corrected chi connectivity index (χ0v) is 10.6. The molecule has 0 saturated heterocycles. The molecular formula is C10H13N5O2S. The number of nitrogens with one attached hydrogen (secondary N) is 2. The first-order valence-corrected chi connectivity index (χ1v) is 6.99. The van der Waals surface area contributed by atoms with E-state index in [1.54, 1.807) is 31.2 Å². The Morgan fingerprint density at radius 3 is 2.67 bits per heavy atom. The van der Waals surface area contributed by atoms with Crippen LogP contribution in [0.15, 0.2) is 30.3 Å². The van der Waals surface area contributed by atoms with Crippen molar-refractivity contribution >= 4 is 10.0 Å². The quantitative estimate of drug-likeness (QED) is 0.815. The molecule has 8 heteroatoms. The lowest BCUT2D eigenvalue weighted by Gasteiger charge is -2.10. The van der Waals surface area contributed by atoms with Crippen LogP contribution in [0.4, 0.5) is 0 Å². The maximum absolute atomic E-state index is 11.9. The number of hydrogen-bond donors (Lipinski definition) is 2. The minimum absolute atomic E-state index is 0.0734. The van der Waals surface area contributed by atoms with Crippen LogP contribution in [0.5, 0.6) is 0 Å². The topological polar surface area (TPSA) is 101 Å². The smallest absolute Gasteiger partial charge is 0.212 e. The zero-order valence-electron chi connectivity index (χ0n) is 9.74. The average Bonchev–Trinajstić information content (AvgIpc) is 2.82. The number of aromatic amines is 1. The van der Waals surface area contributed by atoms with Crippen LogP contribution in [-0.2, 0) is 15.8 Å². The number of benzene rings is 1. The third-order valence-corrected chi connectivity index (χ3v) is 3.73. The molecule has 0 saturated carbocycles. The van der Waals surface area contributed by atoms with Gasteiger partial charge in [-0.2, -0.15) is 5.21 Å². The van der Waals surface area contributed by atoms with E-state index in [-0.39, 0.29) is 5.75 Å². The molecule has 0 aliphatic heterocycles. The van der Waals surface area contributed by atoms with Crippen LogP contribution in [0.25, 0.3) is 0 Å². The van der Waals surface area contributed by atoms with Crippen LogP contribution in [0.2, 0.25) is 0 Å². The van der Waals surface area contributed by atoms with Crippen molar-refractivity contribution in [1.82, 2.24) is 25.3 Å². The van der Waals surface area contributed by atoms with Crippen LogP contribution >= 0.6 is 0 Å². The van der Waals surface area contributed by atoms with Gasteiger partial charge in [0.15, 0.2) is 5.82 Å². The summed E-state index contributed by atoms with van der Waals surface area (Å²) >= 11 is 0. The van der Waals surface area contributed by atoms with E-state index in [2.05, 4.69) is 25.3 Å². The SMILES string of the molecule is CC(NS(=O)(=O)Cc1ccccc1)c1nn[nH]n1. The van der Waals surface area contributed by atoms with Crippen molar-refractivity contribution < 1.29 is 8.42 Å². The van der Waals surface area contributed by atoms with Gasteiger partial charge in [-0.3, -0.25) is 0 Å². The number of rotatable bonds is 5. The first-order chi connectivity index (χ1) is 8.57. The van der Waals surface area contributed by atoms with Crippen molar-refractivity contribution in [3.05, 3.63) is 41.7 Å². The maximum atomic E-state index is 11.9. The van der Waals surface area contributed by atoms with Gasteiger partial charge < -0.3 is 0 Å². The Morgan fingerprint density at radius 2 is 2.06 bits per heavy atom. The summed E-state index contributed by atoms with van der Waals surface area (Å²) in [5.74, 6) is 0.238. The van der Waals surface area contributed by atoms with E-state index in [1.807, 2.05) is 6.07 Å². The van der Waals surface area contributed by atoms with Crippen molar-refractivity contribution in [3.8, 4) is 0 Å².